The van der Waals surface area contributed by atoms with Crippen molar-refractivity contribution in [2.45, 2.75) is 63.1 Å². The van der Waals surface area contributed by atoms with Crippen LogP contribution in [0.3, 0.4) is 0 Å². The zero-order valence-corrected chi connectivity index (χ0v) is 15.1. The van der Waals surface area contributed by atoms with Gasteiger partial charge < -0.3 is 14.9 Å². The molecule has 0 aromatic heterocycles. The molecule has 1 N–H and O–H groups in total. The van der Waals surface area contributed by atoms with Crippen LogP contribution < -0.4 is 4.90 Å². The average Bonchev–Trinajstić information content (AvgIpc) is 2.74. The first-order valence-corrected chi connectivity index (χ1v) is 9.36. The van der Waals surface area contributed by atoms with Crippen LogP contribution >= 0.6 is 11.6 Å². The summed E-state index contributed by atoms with van der Waals surface area (Å²) in [6.07, 6.45) is 2.80. The van der Waals surface area contributed by atoms with Gasteiger partial charge in [0.05, 0.1) is 11.5 Å². The van der Waals surface area contributed by atoms with Crippen molar-refractivity contribution in [3.05, 3.63) is 28.8 Å². The van der Waals surface area contributed by atoms with E-state index in [0.29, 0.717) is 23.9 Å². The van der Waals surface area contributed by atoms with Crippen LogP contribution in [0.15, 0.2) is 18.2 Å². The maximum atomic E-state index is 13.5. The number of carbonyl (C=O) groups excluding carboxylic acids is 1. The van der Waals surface area contributed by atoms with E-state index in [1.165, 1.54) is 0 Å². The first kappa shape index (κ1) is 16.4. The van der Waals surface area contributed by atoms with E-state index in [1.54, 1.807) is 0 Å². The molecule has 24 heavy (non-hydrogen) atoms. The van der Waals surface area contributed by atoms with Gasteiger partial charge in [0.1, 0.15) is 0 Å². The lowest BCUT2D eigenvalue weighted by Crippen LogP contribution is -2.55. The van der Waals surface area contributed by atoms with Crippen LogP contribution in [0.2, 0.25) is 5.02 Å². The summed E-state index contributed by atoms with van der Waals surface area (Å²) < 4.78 is 0. The van der Waals surface area contributed by atoms with Gasteiger partial charge in [-0.2, -0.15) is 0 Å². The molecule has 0 unspecified atom stereocenters. The molecule has 1 aliphatic carbocycles. The van der Waals surface area contributed by atoms with Crippen LogP contribution in [0.5, 0.6) is 0 Å². The van der Waals surface area contributed by atoms with Crippen molar-refractivity contribution in [2.24, 2.45) is 0 Å². The number of fused-ring (bicyclic) bond motifs is 2. The third-order valence-electron chi connectivity index (χ3n) is 6.20. The Balaban J connectivity index is 1.71. The molecule has 1 aromatic rings. The molecule has 1 aromatic carbocycles. The molecule has 5 heteroatoms. The maximum absolute atomic E-state index is 13.5. The molecule has 2 fully saturated rings. The quantitative estimate of drug-likeness (QED) is 0.893. The number of aliphatic hydroxyl groups excluding tert-OH is 1. The highest BCUT2D eigenvalue weighted by Crippen LogP contribution is 2.51. The van der Waals surface area contributed by atoms with E-state index >= 15 is 0 Å². The molecule has 130 valence electrons. The zero-order valence-electron chi connectivity index (χ0n) is 14.3. The first-order valence-electron chi connectivity index (χ1n) is 8.98. The normalized spacial score (nSPS) is 29.2. The first-order chi connectivity index (χ1) is 11.4. The van der Waals surface area contributed by atoms with Crippen LogP contribution in [-0.4, -0.2) is 47.2 Å². The average molecular weight is 349 g/mol. The summed E-state index contributed by atoms with van der Waals surface area (Å²) in [6.45, 7) is 6.30. The fraction of sp³-hybridized carbons (Fsp3) is 0.632. The summed E-state index contributed by atoms with van der Waals surface area (Å²) in [4.78, 5) is 17.9. The van der Waals surface area contributed by atoms with Crippen molar-refractivity contribution in [3.8, 4) is 0 Å². The number of amides is 1. The van der Waals surface area contributed by atoms with Gasteiger partial charge in [0.2, 0.25) is 5.91 Å². The molecule has 0 bridgehead atoms. The smallest absolute Gasteiger partial charge is 0.238 e. The second kappa shape index (κ2) is 5.72. The lowest BCUT2D eigenvalue weighted by atomic mass is 9.73. The van der Waals surface area contributed by atoms with E-state index in [2.05, 4.69) is 18.7 Å². The Morgan fingerprint density at radius 3 is 2.50 bits per heavy atom. The molecule has 1 saturated heterocycles. The van der Waals surface area contributed by atoms with E-state index < -0.39 is 5.41 Å². The lowest BCUT2D eigenvalue weighted by molar-refractivity contribution is -0.126. The Hall–Kier alpha value is -1.10. The zero-order chi connectivity index (χ0) is 17.1. The Kier molecular flexibility index (Phi) is 3.90. The van der Waals surface area contributed by atoms with Crippen LogP contribution in [0.1, 0.15) is 45.1 Å². The number of piperidine rings is 1. The van der Waals surface area contributed by atoms with Gasteiger partial charge in [-0.05, 0) is 76.4 Å². The highest BCUT2D eigenvalue weighted by molar-refractivity contribution is 6.31. The summed E-state index contributed by atoms with van der Waals surface area (Å²) >= 11 is 6.27. The van der Waals surface area contributed by atoms with Gasteiger partial charge in [-0.3, -0.25) is 4.79 Å². The predicted molar refractivity (Wildman–Crippen MR) is 95.6 cm³/mol. The molecule has 4 rings (SSSR count). The second-order valence-corrected chi connectivity index (χ2v) is 8.26. The predicted octanol–water partition coefficient (Wildman–Crippen LogP) is 2.95. The third-order valence-corrected chi connectivity index (χ3v) is 6.43. The molecule has 0 radical (unpaired) electrons. The topological polar surface area (TPSA) is 43.8 Å². The highest BCUT2D eigenvalue weighted by atomic mass is 35.5. The largest absolute Gasteiger partial charge is 0.393 e. The summed E-state index contributed by atoms with van der Waals surface area (Å²) in [5.74, 6) is 0.222. The van der Waals surface area contributed by atoms with Crippen LogP contribution in [0.4, 0.5) is 5.69 Å². The molecule has 2 heterocycles. The minimum absolute atomic E-state index is 0.134. The van der Waals surface area contributed by atoms with Crippen molar-refractivity contribution in [1.82, 2.24) is 4.90 Å². The van der Waals surface area contributed by atoms with E-state index in [1.807, 2.05) is 23.1 Å². The van der Waals surface area contributed by atoms with E-state index in [-0.39, 0.29) is 18.1 Å². The number of benzene rings is 1. The number of anilines is 1. The number of rotatable bonds is 2. The lowest BCUT2D eigenvalue weighted by Gasteiger charge is -2.42. The van der Waals surface area contributed by atoms with Gasteiger partial charge in [0.15, 0.2) is 0 Å². The molecule has 1 spiro atoms. The Morgan fingerprint density at radius 1 is 1.25 bits per heavy atom. The molecule has 4 nitrogen and oxygen atoms in total. The van der Waals surface area contributed by atoms with Crippen LogP contribution in [-0.2, 0) is 10.2 Å². The van der Waals surface area contributed by atoms with Gasteiger partial charge in [-0.25, -0.2) is 0 Å². The summed E-state index contributed by atoms with van der Waals surface area (Å²) in [6, 6.07) is 6.50. The van der Waals surface area contributed by atoms with E-state index in [4.69, 9.17) is 11.6 Å². The molecule has 2 aliphatic heterocycles. The molecular formula is C19H25ClN2O2. The van der Waals surface area contributed by atoms with Gasteiger partial charge in [-0.1, -0.05) is 11.6 Å². The number of halogens is 1. The van der Waals surface area contributed by atoms with Gasteiger partial charge in [0.25, 0.3) is 0 Å². The van der Waals surface area contributed by atoms with Gasteiger partial charge in [-0.15, -0.1) is 0 Å². The van der Waals surface area contributed by atoms with Crippen molar-refractivity contribution in [2.75, 3.05) is 18.0 Å². The maximum Gasteiger partial charge on any atom is 0.238 e. The Morgan fingerprint density at radius 2 is 1.92 bits per heavy atom. The minimum atomic E-state index is -0.424. The number of hydrogen-bond acceptors (Lipinski definition) is 3. The molecule has 0 atom stereocenters. The number of carbonyl (C=O) groups is 1. The van der Waals surface area contributed by atoms with Crippen molar-refractivity contribution in [1.29, 1.82) is 0 Å². The molecular weight excluding hydrogens is 324 g/mol. The van der Waals surface area contributed by atoms with Crippen molar-refractivity contribution in [3.63, 3.8) is 0 Å². The SMILES string of the molecule is CC(C)N1CCC2(CC1)C(=O)N(C1CC(O)C1)c1ccc(Cl)cc12. The molecule has 3 aliphatic rings. The molecule has 1 amide bonds. The van der Waals surface area contributed by atoms with Gasteiger partial charge >= 0.3 is 0 Å². The number of likely N-dealkylation sites (tertiary alicyclic amines) is 1. The van der Waals surface area contributed by atoms with Crippen molar-refractivity contribution >= 4 is 23.2 Å². The summed E-state index contributed by atoms with van der Waals surface area (Å²) in [7, 11) is 0. The van der Waals surface area contributed by atoms with Crippen LogP contribution in [0, 0.1) is 0 Å². The second-order valence-electron chi connectivity index (χ2n) is 7.83. The third kappa shape index (κ3) is 2.31. The van der Waals surface area contributed by atoms with Crippen LogP contribution in [0.25, 0.3) is 0 Å². The van der Waals surface area contributed by atoms with Crippen molar-refractivity contribution < 1.29 is 9.90 Å². The summed E-state index contributed by atoms with van der Waals surface area (Å²) in [5, 5.41) is 10.4. The fourth-order valence-corrected chi connectivity index (χ4v) is 4.77. The standard InChI is InChI=1S/C19H25ClN2O2/c1-12(2)21-7-5-19(6-8-21)16-9-13(20)3-4-17(16)22(18(19)24)14-10-15(23)11-14/h3-4,9,12,14-15,23H,5-8,10-11H2,1-2H3. The highest BCUT2D eigenvalue weighted by Gasteiger charge is 2.55. The number of nitrogens with zero attached hydrogens (tertiary/aromatic N) is 2. The molecule has 1 saturated carbocycles. The fourth-order valence-electron chi connectivity index (χ4n) is 4.59. The number of hydrogen-bond donors (Lipinski definition) is 1. The minimum Gasteiger partial charge on any atom is -0.393 e. The number of aliphatic hydroxyl groups is 1. The summed E-state index contributed by atoms with van der Waals surface area (Å²) in [5.41, 5.74) is 1.69. The Bertz CT molecular complexity index is 661. The van der Waals surface area contributed by atoms with Gasteiger partial charge in [0, 0.05) is 22.8 Å². The monoisotopic (exact) mass is 348 g/mol. The van der Waals surface area contributed by atoms with E-state index in [0.717, 1.165) is 37.2 Å². The Labute approximate surface area is 148 Å². The van der Waals surface area contributed by atoms with E-state index in [9.17, 15) is 9.90 Å².